The van der Waals surface area contributed by atoms with Crippen molar-refractivity contribution in [2.24, 2.45) is 5.92 Å². The van der Waals surface area contributed by atoms with Crippen molar-refractivity contribution in [3.63, 3.8) is 0 Å². The molecule has 4 rings (SSSR count). The largest absolute Gasteiger partial charge is 0.355 e. The second-order valence-corrected chi connectivity index (χ2v) is 9.23. The molecule has 1 aliphatic heterocycles. The highest BCUT2D eigenvalue weighted by atomic mass is 16.2. The van der Waals surface area contributed by atoms with E-state index in [2.05, 4.69) is 65.2 Å². The lowest BCUT2D eigenvalue weighted by Gasteiger charge is -2.33. The molecule has 3 heterocycles. The zero-order valence-electron chi connectivity index (χ0n) is 18.2. The smallest absolute Gasteiger partial charge is 0.225 e. The highest BCUT2D eigenvalue weighted by Gasteiger charge is 2.28. The maximum absolute atomic E-state index is 13.0. The molecule has 1 aromatic carbocycles. The lowest BCUT2D eigenvalue weighted by molar-refractivity contribution is -0.135. The number of hydrogen-bond donors (Lipinski definition) is 0. The Balaban J connectivity index is 1.33. The van der Waals surface area contributed by atoms with E-state index in [1.165, 1.54) is 11.1 Å². The molecule has 0 atom stereocenters. The lowest BCUT2D eigenvalue weighted by atomic mass is 9.86. The van der Waals surface area contributed by atoms with Crippen molar-refractivity contribution in [1.29, 1.82) is 0 Å². The number of carbonyl (C=O) groups is 1. The van der Waals surface area contributed by atoms with Gasteiger partial charge in [0.05, 0.1) is 0 Å². The van der Waals surface area contributed by atoms with Gasteiger partial charge in [0.25, 0.3) is 0 Å². The Hall–Kier alpha value is -2.96. The summed E-state index contributed by atoms with van der Waals surface area (Å²) in [6.45, 7) is 8.93. The Morgan fingerprint density at radius 1 is 1.10 bits per heavy atom. The molecule has 0 radical (unpaired) electrons. The minimum absolute atomic E-state index is 0.0683. The van der Waals surface area contributed by atoms with Gasteiger partial charge in [-0.2, -0.15) is 4.52 Å². The molecule has 0 N–H and O–H groups in total. The average Bonchev–Trinajstić information content (AvgIpc) is 3.21. The fraction of sp³-hybridized carbons (Fsp3) is 0.478. The first-order valence-corrected chi connectivity index (χ1v) is 10.6. The number of rotatable bonds is 4. The minimum Gasteiger partial charge on any atom is -0.355 e. The number of fused-ring (bicyclic) bond motifs is 1. The molecule has 1 fully saturated rings. The van der Waals surface area contributed by atoms with E-state index in [-0.39, 0.29) is 17.2 Å². The monoisotopic (exact) mass is 406 g/mol. The van der Waals surface area contributed by atoms with Crippen molar-refractivity contribution in [2.45, 2.75) is 45.6 Å². The van der Waals surface area contributed by atoms with Gasteiger partial charge in [0, 0.05) is 32.6 Å². The van der Waals surface area contributed by atoms with Crippen molar-refractivity contribution in [3.8, 4) is 0 Å². The van der Waals surface area contributed by atoms with Gasteiger partial charge < -0.3 is 9.80 Å². The van der Waals surface area contributed by atoms with Crippen LogP contribution in [-0.4, -0.2) is 50.8 Å². The van der Waals surface area contributed by atoms with Crippen LogP contribution < -0.4 is 4.90 Å². The van der Waals surface area contributed by atoms with Crippen LogP contribution in [0.5, 0.6) is 0 Å². The molecule has 7 heteroatoms. The molecule has 0 bridgehead atoms. The van der Waals surface area contributed by atoms with E-state index in [9.17, 15) is 4.79 Å². The van der Waals surface area contributed by atoms with E-state index in [4.69, 9.17) is 0 Å². The molecular formula is C23H30N6O. The van der Waals surface area contributed by atoms with Crippen LogP contribution in [0.25, 0.3) is 5.65 Å². The maximum Gasteiger partial charge on any atom is 0.225 e. The van der Waals surface area contributed by atoms with Crippen molar-refractivity contribution in [1.82, 2.24) is 24.7 Å². The van der Waals surface area contributed by atoms with Crippen molar-refractivity contribution in [2.75, 3.05) is 25.0 Å². The second kappa shape index (κ2) is 8.05. The SMILES string of the molecule is CN(Cc1ccc(C(C)(C)C)cc1)C(=O)C1CCN(c2ccc3nncn3n2)CC1. The first-order chi connectivity index (χ1) is 14.3. The number of piperidine rings is 1. The Kier molecular flexibility index (Phi) is 5.45. The predicted octanol–water partition coefficient (Wildman–Crippen LogP) is 3.30. The molecule has 7 nitrogen and oxygen atoms in total. The molecule has 0 aliphatic carbocycles. The number of anilines is 1. The number of aromatic nitrogens is 4. The van der Waals surface area contributed by atoms with Gasteiger partial charge in [-0.05, 0) is 41.5 Å². The number of amides is 1. The predicted molar refractivity (Wildman–Crippen MR) is 117 cm³/mol. The molecule has 1 amide bonds. The maximum atomic E-state index is 13.0. The van der Waals surface area contributed by atoms with Gasteiger partial charge in [0.15, 0.2) is 5.65 Å². The molecule has 158 valence electrons. The van der Waals surface area contributed by atoms with Crippen LogP contribution in [0.4, 0.5) is 5.82 Å². The second-order valence-electron chi connectivity index (χ2n) is 9.23. The Morgan fingerprint density at radius 2 is 1.80 bits per heavy atom. The molecule has 2 aromatic heterocycles. The van der Waals surface area contributed by atoms with Crippen LogP contribution in [0.2, 0.25) is 0 Å². The Labute approximate surface area is 177 Å². The van der Waals surface area contributed by atoms with Gasteiger partial charge in [-0.3, -0.25) is 4.79 Å². The first kappa shape index (κ1) is 20.3. The molecule has 30 heavy (non-hydrogen) atoms. The van der Waals surface area contributed by atoms with Crippen molar-refractivity contribution >= 4 is 17.4 Å². The van der Waals surface area contributed by atoms with E-state index in [1.807, 2.05) is 24.1 Å². The summed E-state index contributed by atoms with van der Waals surface area (Å²) in [5, 5.41) is 12.4. The van der Waals surface area contributed by atoms with E-state index >= 15 is 0 Å². The van der Waals surface area contributed by atoms with Crippen LogP contribution in [0.3, 0.4) is 0 Å². The molecule has 0 spiro atoms. The number of carbonyl (C=O) groups excluding carboxylic acids is 1. The molecule has 1 aliphatic rings. The van der Waals surface area contributed by atoms with Gasteiger partial charge in [-0.1, -0.05) is 45.0 Å². The van der Waals surface area contributed by atoms with Crippen LogP contribution >= 0.6 is 0 Å². The zero-order valence-corrected chi connectivity index (χ0v) is 18.2. The summed E-state index contributed by atoms with van der Waals surface area (Å²) in [7, 11) is 1.91. The first-order valence-electron chi connectivity index (χ1n) is 10.6. The highest BCUT2D eigenvalue weighted by Crippen LogP contribution is 2.25. The van der Waals surface area contributed by atoms with E-state index in [0.717, 1.165) is 37.4 Å². The van der Waals surface area contributed by atoms with Gasteiger partial charge in [-0.15, -0.1) is 15.3 Å². The van der Waals surface area contributed by atoms with E-state index in [1.54, 1.807) is 10.8 Å². The summed E-state index contributed by atoms with van der Waals surface area (Å²) in [6.07, 6.45) is 3.29. The summed E-state index contributed by atoms with van der Waals surface area (Å²) >= 11 is 0. The third-order valence-electron chi connectivity index (χ3n) is 5.93. The summed E-state index contributed by atoms with van der Waals surface area (Å²) in [5.74, 6) is 1.20. The third kappa shape index (κ3) is 4.30. The topological polar surface area (TPSA) is 66.6 Å². The Morgan fingerprint density at radius 3 is 2.47 bits per heavy atom. The average molecular weight is 407 g/mol. The number of benzene rings is 1. The van der Waals surface area contributed by atoms with E-state index < -0.39 is 0 Å². The number of hydrogen-bond acceptors (Lipinski definition) is 5. The van der Waals surface area contributed by atoms with Crippen molar-refractivity contribution < 1.29 is 4.79 Å². The van der Waals surface area contributed by atoms with Crippen LogP contribution in [0.15, 0.2) is 42.7 Å². The van der Waals surface area contributed by atoms with Gasteiger partial charge in [-0.25, -0.2) is 0 Å². The standard InChI is InChI=1S/C23H30N6O/c1-23(2,3)19-7-5-17(6-8-19)15-27(4)22(30)18-11-13-28(14-12-18)21-10-9-20-25-24-16-29(20)26-21/h5-10,16,18H,11-15H2,1-4H3. The van der Waals surface area contributed by atoms with Gasteiger partial charge in [0.2, 0.25) is 5.91 Å². The minimum atomic E-state index is 0.0683. The third-order valence-corrected chi connectivity index (χ3v) is 5.93. The summed E-state index contributed by atoms with van der Waals surface area (Å²) < 4.78 is 1.69. The fourth-order valence-corrected chi connectivity index (χ4v) is 4.02. The molecule has 0 unspecified atom stereocenters. The molecule has 0 saturated carbocycles. The molecular weight excluding hydrogens is 376 g/mol. The fourth-order valence-electron chi connectivity index (χ4n) is 4.02. The summed E-state index contributed by atoms with van der Waals surface area (Å²) in [6, 6.07) is 12.5. The van der Waals surface area contributed by atoms with E-state index in [0.29, 0.717) is 6.54 Å². The quantitative estimate of drug-likeness (QED) is 0.665. The molecule has 3 aromatic rings. The Bertz CT molecular complexity index is 1010. The highest BCUT2D eigenvalue weighted by molar-refractivity contribution is 5.79. The lowest BCUT2D eigenvalue weighted by Crippen LogP contribution is -2.41. The zero-order chi connectivity index (χ0) is 21.3. The number of nitrogens with zero attached hydrogens (tertiary/aromatic N) is 6. The van der Waals surface area contributed by atoms with Crippen molar-refractivity contribution in [3.05, 3.63) is 53.9 Å². The summed E-state index contributed by atoms with van der Waals surface area (Å²) in [4.78, 5) is 17.1. The van der Waals surface area contributed by atoms with Gasteiger partial charge in [0.1, 0.15) is 12.1 Å². The normalized spacial score (nSPS) is 15.5. The van der Waals surface area contributed by atoms with Gasteiger partial charge >= 0.3 is 0 Å². The van der Waals surface area contributed by atoms with Crippen LogP contribution in [0.1, 0.15) is 44.7 Å². The van der Waals surface area contributed by atoms with Crippen LogP contribution in [-0.2, 0) is 16.8 Å². The molecule has 1 saturated heterocycles. The van der Waals surface area contributed by atoms with Crippen LogP contribution in [0, 0.1) is 5.92 Å². The summed E-state index contributed by atoms with van der Waals surface area (Å²) in [5.41, 5.74) is 3.36.